The topological polar surface area (TPSA) is 362 Å². The Labute approximate surface area is 251 Å². The van der Waals surface area contributed by atoms with Crippen LogP contribution in [-0.4, -0.2) is 193 Å². The molecule has 0 aromatic heterocycles. The Hall–Kier alpha value is -0.800. The molecular weight excluding hydrogens is 600 g/mol. The Kier molecular flexibility index (Phi) is 12.3. The smallest absolute Gasteiger partial charge is 0.187 e. The maximum atomic E-state index is 11.0. The zero-order valence-electron chi connectivity index (χ0n) is 23.6. The summed E-state index contributed by atoms with van der Waals surface area (Å²) in [4.78, 5) is 0. The summed E-state index contributed by atoms with van der Waals surface area (Å²) in [6, 6.07) is -3.14. The minimum Gasteiger partial charge on any atom is -0.394 e. The third-order valence-electron chi connectivity index (χ3n) is 8.59. The molecule has 3 aliphatic heterocycles. The van der Waals surface area contributed by atoms with Crippen LogP contribution < -0.4 is 22.9 Å². The predicted molar refractivity (Wildman–Crippen MR) is 140 cm³/mol. The second-order valence-electron chi connectivity index (χ2n) is 11.6. The maximum absolute atomic E-state index is 11.0. The van der Waals surface area contributed by atoms with Crippen LogP contribution in [-0.2, 0) is 28.4 Å². The zero-order chi connectivity index (χ0) is 32.6. The van der Waals surface area contributed by atoms with Gasteiger partial charge in [0.05, 0.1) is 25.4 Å². The van der Waals surface area contributed by atoms with Crippen molar-refractivity contribution in [1.82, 2.24) is 0 Å². The number of hydrogen-bond donors (Lipinski definition) is 14. The third kappa shape index (κ3) is 7.05. The largest absolute Gasteiger partial charge is 0.394 e. The summed E-state index contributed by atoms with van der Waals surface area (Å²) in [6.07, 6.45) is -26.5. The van der Waals surface area contributed by atoms with E-state index >= 15 is 0 Å². The first kappa shape index (κ1) is 36.0. The van der Waals surface area contributed by atoms with E-state index in [4.69, 9.17) is 51.4 Å². The number of ether oxygens (including phenoxy) is 6. The molecule has 0 spiro atoms. The third-order valence-corrected chi connectivity index (χ3v) is 8.59. The van der Waals surface area contributed by atoms with E-state index in [1.54, 1.807) is 0 Å². The van der Waals surface area contributed by atoms with Gasteiger partial charge in [0.25, 0.3) is 0 Å². The Morgan fingerprint density at radius 3 is 1.59 bits per heavy atom. The van der Waals surface area contributed by atoms with Crippen molar-refractivity contribution in [2.24, 2.45) is 22.9 Å². The average Bonchev–Trinajstić information content (AvgIpc) is 3.00. The van der Waals surface area contributed by atoms with E-state index < -0.39 is 136 Å². The molecule has 3 heterocycles. The van der Waals surface area contributed by atoms with Crippen LogP contribution in [0, 0.1) is 0 Å². The number of hydrogen-bond acceptors (Lipinski definition) is 20. The molecule has 20 heteroatoms. The Balaban J connectivity index is 1.50. The maximum Gasteiger partial charge on any atom is 0.187 e. The fraction of sp³-hybridized carbons (Fsp3) is 1.00. The lowest BCUT2D eigenvalue weighted by molar-refractivity contribution is -0.371. The highest BCUT2D eigenvalue weighted by atomic mass is 16.8. The monoisotopic (exact) mass is 646 g/mol. The van der Waals surface area contributed by atoms with Gasteiger partial charge in [-0.05, 0) is 6.42 Å². The average molecular weight is 647 g/mol. The van der Waals surface area contributed by atoms with Gasteiger partial charge in [0.1, 0.15) is 79.4 Å². The second-order valence-corrected chi connectivity index (χ2v) is 11.6. The van der Waals surface area contributed by atoms with E-state index in [2.05, 4.69) is 0 Å². The first-order valence-corrected chi connectivity index (χ1v) is 14.3. The van der Waals surface area contributed by atoms with E-state index in [1.807, 2.05) is 0 Å². The molecule has 258 valence electrons. The van der Waals surface area contributed by atoms with Crippen LogP contribution in [0.15, 0.2) is 0 Å². The Morgan fingerprint density at radius 2 is 1.00 bits per heavy atom. The van der Waals surface area contributed by atoms with Crippen molar-refractivity contribution in [2.75, 3.05) is 19.8 Å². The summed E-state index contributed by atoms with van der Waals surface area (Å²) in [5.41, 5.74) is 24.0. The lowest BCUT2D eigenvalue weighted by atomic mass is 9.84. The molecule has 4 rings (SSSR count). The van der Waals surface area contributed by atoms with Crippen LogP contribution in [0.5, 0.6) is 0 Å². The second kappa shape index (κ2) is 15.0. The molecule has 44 heavy (non-hydrogen) atoms. The summed E-state index contributed by atoms with van der Waals surface area (Å²) in [7, 11) is 0. The van der Waals surface area contributed by atoms with Crippen molar-refractivity contribution in [2.45, 2.75) is 129 Å². The van der Waals surface area contributed by atoms with Gasteiger partial charge in [0.2, 0.25) is 0 Å². The van der Waals surface area contributed by atoms with E-state index in [0.29, 0.717) is 0 Å². The van der Waals surface area contributed by atoms with Crippen molar-refractivity contribution < 1.29 is 79.5 Å². The van der Waals surface area contributed by atoms with Crippen molar-refractivity contribution in [1.29, 1.82) is 0 Å². The van der Waals surface area contributed by atoms with Crippen LogP contribution >= 0.6 is 0 Å². The van der Waals surface area contributed by atoms with E-state index in [1.165, 1.54) is 0 Å². The molecule has 0 aromatic carbocycles. The Bertz CT molecular complexity index is 910. The molecule has 20 atom stereocenters. The SMILES string of the molecule is NC[C@H]1O[C@H](O[C@H]2[C@H](O[C@@H]3O[C@H](CO)[C@@H](O[C@@H]4O[C@H](CO)[C@H](O)[C@H](O)[C@H]4O)[C@@H](O)[C@H]3O)[C@@H](O)[C@H](N)C[C@@H]2N)[C@H](N)[C@@H](O)[C@@H]1O. The Morgan fingerprint density at radius 1 is 0.500 bits per heavy atom. The standard InChI is InChI=1S/C24H46N4O16/c25-2-7-12(32)14(34)10(28)22(39-7)42-19-6(27)1-5(26)11(31)21(19)44-24-18(38)16(36)20(9(4-30)41-24)43-23-17(37)15(35)13(33)8(3-29)40-23/h5-24,29-38H,1-4,25-28H2/t5-,6+,7-,8-,9-,10-,11+,12-,13+,14-,15+,16+,17-,18-,19-,20-,21-,22-,23+,24+/m1/s1. The fourth-order valence-electron chi connectivity index (χ4n) is 5.85. The fourth-order valence-corrected chi connectivity index (χ4v) is 5.85. The van der Waals surface area contributed by atoms with Gasteiger partial charge in [-0.3, -0.25) is 0 Å². The van der Waals surface area contributed by atoms with Crippen molar-refractivity contribution in [3.05, 3.63) is 0 Å². The van der Waals surface area contributed by atoms with Crippen LogP contribution in [0.25, 0.3) is 0 Å². The van der Waals surface area contributed by atoms with Crippen LogP contribution in [0.2, 0.25) is 0 Å². The van der Waals surface area contributed by atoms with Gasteiger partial charge in [0.15, 0.2) is 18.9 Å². The van der Waals surface area contributed by atoms with E-state index in [-0.39, 0.29) is 13.0 Å². The minimum absolute atomic E-state index is 0.0319. The molecule has 4 fully saturated rings. The highest BCUT2D eigenvalue weighted by Gasteiger charge is 2.54. The van der Waals surface area contributed by atoms with Gasteiger partial charge in [-0.1, -0.05) is 0 Å². The van der Waals surface area contributed by atoms with Crippen molar-refractivity contribution in [3.63, 3.8) is 0 Å². The lowest BCUT2D eigenvalue weighted by Crippen LogP contribution is -2.69. The summed E-state index contributed by atoms with van der Waals surface area (Å²) < 4.78 is 33.9. The molecule has 0 radical (unpaired) electrons. The van der Waals surface area contributed by atoms with Gasteiger partial charge < -0.3 is 102 Å². The van der Waals surface area contributed by atoms with E-state index in [0.717, 1.165) is 0 Å². The van der Waals surface area contributed by atoms with Crippen LogP contribution in [0.3, 0.4) is 0 Å². The molecule has 1 saturated carbocycles. The summed E-state index contributed by atoms with van der Waals surface area (Å²) in [5, 5.41) is 103. The molecular formula is C24H46N4O16. The number of aliphatic hydroxyl groups excluding tert-OH is 10. The van der Waals surface area contributed by atoms with Crippen LogP contribution in [0.4, 0.5) is 0 Å². The van der Waals surface area contributed by atoms with Gasteiger partial charge in [-0.2, -0.15) is 0 Å². The molecule has 3 saturated heterocycles. The molecule has 0 amide bonds. The number of aliphatic hydroxyl groups is 10. The molecule has 4 aliphatic rings. The highest BCUT2D eigenvalue weighted by Crippen LogP contribution is 2.33. The van der Waals surface area contributed by atoms with E-state index in [9.17, 15) is 51.1 Å². The van der Waals surface area contributed by atoms with Crippen LogP contribution in [0.1, 0.15) is 6.42 Å². The van der Waals surface area contributed by atoms with Crippen molar-refractivity contribution in [3.8, 4) is 0 Å². The lowest BCUT2D eigenvalue weighted by Gasteiger charge is -2.49. The summed E-state index contributed by atoms with van der Waals surface area (Å²) >= 11 is 0. The quantitative estimate of drug-likeness (QED) is 0.110. The first-order valence-electron chi connectivity index (χ1n) is 14.3. The summed E-state index contributed by atoms with van der Waals surface area (Å²) in [6.45, 7) is -1.77. The van der Waals surface area contributed by atoms with Gasteiger partial charge in [0, 0.05) is 18.6 Å². The summed E-state index contributed by atoms with van der Waals surface area (Å²) in [5.74, 6) is 0. The first-order chi connectivity index (χ1) is 20.7. The zero-order valence-corrected chi connectivity index (χ0v) is 23.6. The highest BCUT2D eigenvalue weighted by molar-refractivity contribution is 5.02. The normalized spacial score (nSPS) is 53.9. The van der Waals surface area contributed by atoms with Gasteiger partial charge >= 0.3 is 0 Å². The van der Waals surface area contributed by atoms with Gasteiger partial charge in [-0.15, -0.1) is 0 Å². The molecule has 20 nitrogen and oxygen atoms in total. The molecule has 0 aromatic rings. The van der Waals surface area contributed by atoms with Gasteiger partial charge in [-0.25, -0.2) is 0 Å². The predicted octanol–water partition coefficient (Wildman–Crippen LogP) is -9.47. The number of nitrogens with two attached hydrogens (primary N) is 4. The molecule has 0 bridgehead atoms. The molecule has 1 aliphatic carbocycles. The minimum atomic E-state index is -1.93. The molecule has 0 unspecified atom stereocenters. The molecule has 18 N–H and O–H groups in total. The van der Waals surface area contributed by atoms with Crippen molar-refractivity contribution >= 4 is 0 Å². The number of rotatable bonds is 9.